The van der Waals surface area contributed by atoms with Crippen molar-refractivity contribution >= 4 is 15.7 Å². The predicted molar refractivity (Wildman–Crippen MR) is 66.8 cm³/mol. The van der Waals surface area contributed by atoms with Gasteiger partial charge in [-0.3, -0.25) is 4.72 Å². The average molecular weight is 267 g/mol. The van der Waals surface area contributed by atoms with Gasteiger partial charge in [-0.1, -0.05) is 0 Å². The van der Waals surface area contributed by atoms with Crippen molar-refractivity contribution in [3.63, 3.8) is 0 Å². The zero-order chi connectivity index (χ0) is 13.2. The van der Waals surface area contributed by atoms with Crippen molar-refractivity contribution in [2.75, 3.05) is 4.72 Å². The fourth-order valence-corrected chi connectivity index (χ4v) is 1.88. The quantitative estimate of drug-likeness (QED) is 0.885. The third kappa shape index (κ3) is 2.65. The van der Waals surface area contributed by atoms with E-state index in [1.165, 1.54) is 23.5 Å². The Hall–Kier alpha value is -1.96. The van der Waals surface area contributed by atoms with Crippen molar-refractivity contribution in [2.24, 2.45) is 0 Å². The summed E-state index contributed by atoms with van der Waals surface area (Å²) in [6, 6.07) is 3.29. The first-order chi connectivity index (χ1) is 8.49. The number of pyridine rings is 1. The molecule has 2 heterocycles. The van der Waals surface area contributed by atoms with E-state index in [0.29, 0.717) is 11.5 Å². The number of sulfonamides is 1. The predicted octanol–water partition coefficient (Wildman–Crippen LogP) is 0.812. The van der Waals surface area contributed by atoms with Crippen molar-refractivity contribution in [2.45, 2.75) is 19.1 Å². The minimum Gasteiger partial charge on any atom is -0.282 e. The molecule has 1 N–H and O–H groups in total. The van der Waals surface area contributed by atoms with E-state index in [4.69, 9.17) is 0 Å². The van der Waals surface area contributed by atoms with Gasteiger partial charge in [0.15, 0.2) is 5.82 Å². The van der Waals surface area contributed by atoms with Gasteiger partial charge < -0.3 is 0 Å². The van der Waals surface area contributed by atoms with Crippen molar-refractivity contribution in [3.8, 4) is 5.82 Å². The molecule has 0 aliphatic carbocycles. The van der Waals surface area contributed by atoms with Crippen LogP contribution in [0.1, 0.15) is 13.8 Å². The molecule has 0 bridgehead atoms. The average Bonchev–Trinajstić information content (AvgIpc) is 2.83. The summed E-state index contributed by atoms with van der Waals surface area (Å²) in [6.07, 6.45) is 4.36. The van der Waals surface area contributed by atoms with E-state index in [0.717, 1.165) is 0 Å². The summed E-state index contributed by atoms with van der Waals surface area (Å²) in [5, 5.41) is 3.43. The molecule has 0 radical (unpaired) electrons. The van der Waals surface area contributed by atoms with E-state index < -0.39 is 15.3 Å². The van der Waals surface area contributed by atoms with Crippen LogP contribution >= 0.6 is 0 Å². The third-order valence-corrected chi connectivity index (χ3v) is 4.04. The summed E-state index contributed by atoms with van der Waals surface area (Å²) in [5.74, 6) is 0.569. The van der Waals surface area contributed by atoms with Crippen molar-refractivity contribution in [3.05, 3.63) is 31.0 Å². The first-order valence-electron chi connectivity index (χ1n) is 5.32. The Bertz CT molecular complexity index is 604. The highest BCUT2D eigenvalue weighted by molar-refractivity contribution is 7.93. The Labute approximate surface area is 105 Å². The molecule has 0 saturated carbocycles. The molecule has 7 nitrogen and oxygen atoms in total. The second-order valence-corrected chi connectivity index (χ2v) is 6.18. The molecule has 0 atom stereocenters. The first kappa shape index (κ1) is 12.5. The number of rotatable bonds is 4. The van der Waals surface area contributed by atoms with Crippen LogP contribution in [0, 0.1) is 0 Å². The SMILES string of the molecule is CC(C)S(=O)(=O)Nc1ccc(-n2cncn2)nc1. The smallest absolute Gasteiger partial charge is 0.235 e. The van der Waals surface area contributed by atoms with Crippen LogP contribution in [0.3, 0.4) is 0 Å². The fraction of sp³-hybridized carbons (Fsp3) is 0.300. The molecule has 0 spiro atoms. The van der Waals surface area contributed by atoms with Gasteiger partial charge in [0, 0.05) is 0 Å². The van der Waals surface area contributed by atoms with Gasteiger partial charge in [0.05, 0.1) is 17.1 Å². The number of aromatic nitrogens is 4. The van der Waals surface area contributed by atoms with Crippen LogP contribution in [0.2, 0.25) is 0 Å². The minimum absolute atomic E-state index is 0.424. The zero-order valence-corrected chi connectivity index (χ0v) is 10.8. The number of anilines is 1. The van der Waals surface area contributed by atoms with Gasteiger partial charge >= 0.3 is 0 Å². The number of nitrogens with zero attached hydrogens (tertiary/aromatic N) is 4. The standard InChI is InChI=1S/C10H13N5O2S/c1-8(2)18(16,17)14-9-3-4-10(12-5-9)15-7-11-6-13-15/h3-8,14H,1-2H3. The van der Waals surface area contributed by atoms with Crippen LogP contribution in [0.15, 0.2) is 31.0 Å². The van der Waals surface area contributed by atoms with Crippen LogP contribution in [0.25, 0.3) is 5.82 Å². The normalized spacial score (nSPS) is 11.7. The molecule has 0 aromatic carbocycles. The summed E-state index contributed by atoms with van der Waals surface area (Å²) in [4.78, 5) is 7.90. The lowest BCUT2D eigenvalue weighted by atomic mass is 10.4. The lowest BCUT2D eigenvalue weighted by molar-refractivity contribution is 0.592. The molecule has 0 fully saturated rings. The molecule has 0 amide bonds. The molecule has 2 aromatic heterocycles. The molecule has 0 aliphatic rings. The molecule has 0 aliphatic heterocycles. The first-order valence-corrected chi connectivity index (χ1v) is 6.86. The van der Waals surface area contributed by atoms with Gasteiger partial charge in [0.1, 0.15) is 12.7 Å². The van der Waals surface area contributed by atoms with Crippen LogP contribution < -0.4 is 4.72 Å². The fourth-order valence-electron chi connectivity index (χ4n) is 1.19. The molecule has 2 aromatic rings. The summed E-state index contributed by atoms with van der Waals surface area (Å²) < 4.78 is 27.2. The van der Waals surface area contributed by atoms with Gasteiger partial charge in [0.25, 0.3) is 0 Å². The van der Waals surface area contributed by atoms with E-state index in [1.807, 2.05) is 0 Å². The molecule has 0 saturated heterocycles. The van der Waals surface area contributed by atoms with Gasteiger partial charge in [-0.15, -0.1) is 0 Å². The van der Waals surface area contributed by atoms with Crippen LogP contribution in [-0.4, -0.2) is 33.4 Å². The van der Waals surface area contributed by atoms with Crippen LogP contribution in [-0.2, 0) is 10.0 Å². The maximum Gasteiger partial charge on any atom is 0.235 e. The number of hydrogen-bond acceptors (Lipinski definition) is 5. The second-order valence-electron chi connectivity index (χ2n) is 3.94. The van der Waals surface area contributed by atoms with Crippen molar-refractivity contribution < 1.29 is 8.42 Å². The highest BCUT2D eigenvalue weighted by Crippen LogP contribution is 2.12. The highest BCUT2D eigenvalue weighted by atomic mass is 32.2. The molecule has 18 heavy (non-hydrogen) atoms. The zero-order valence-electron chi connectivity index (χ0n) is 9.98. The monoisotopic (exact) mass is 267 g/mol. The Morgan fingerprint density at radius 3 is 2.61 bits per heavy atom. The Morgan fingerprint density at radius 2 is 2.11 bits per heavy atom. The number of nitrogens with one attached hydrogen (secondary N) is 1. The summed E-state index contributed by atoms with van der Waals surface area (Å²) >= 11 is 0. The van der Waals surface area contributed by atoms with Crippen molar-refractivity contribution in [1.29, 1.82) is 0 Å². The molecular formula is C10H13N5O2S. The molecule has 0 unspecified atom stereocenters. The third-order valence-electron chi connectivity index (χ3n) is 2.28. The Morgan fingerprint density at radius 1 is 1.33 bits per heavy atom. The lowest BCUT2D eigenvalue weighted by Gasteiger charge is -2.10. The molecule has 2 rings (SSSR count). The highest BCUT2D eigenvalue weighted by Gasteiger charge is 2.15. The van der Waals surface area contributed by atoms with E-state index in [-0.39, 0.29) is 0 Å². The summed E-state index contributed by atoms with van der Waals surface area (Å²) in [5.41, 5.74) is 0.424. The minimum atomic E-state index is -3.34. The van der Waals surface area contributed by atoms with Crippen LogP contribution in [0.4, 0.5) is 5.69 Å². The summed E-state index contributed by atoms with van der Waals surface area (Å²) in [6.45, 7) is 3.22. The van der Waals surface area contributed by atoms with Gasteiger partial charge in [-0.05, 0) is 26.0 Å². The Kier molecular flexibility index (Phi) is 3.28. The number of hydrogen-bond donors (Lipinski definition) is 1. The van der Waals surface area contributed by atoms with E-state index in [1.54, 1.807) is 26.0 Å². The second kappa shape index (κ2) is 4.73. The lowest BCUT2D eigenvalue weighted by Crippen LogP contribution is -2.22. The van der Waals surface area contributed by atoms with E-state index >= 15 is 0 Å². The molecule has 8 heteroatoms. The molecular weight excluding hydrogens is 254 g/mol. The van der Waals surface area contributed by atoms with Crippen molar-refractivity contribution in [1.82, 2.24) is 19.7 Å². The maximum absolute atomic E-state index is 11.6. The van der Waals surface area contributed by atoms with Crippen LogP contribution in [0.5, 0.6) is 0 Å². The van der Waals surface area contributed by atoms with E-state index in [2.05, 4.69) is 19.8 Å². The largest absolute Gasteiger partial charge is 0.282 e. The van der Waals surface area contributed by atoms with Gasteiger partial charge in [-0.2, -0.15) is 5.10 Å². The van der Waals surface area contributed by atoms with Gasteiger partial charge in [0.2, 0.25) is 10.0 Å². The summed E-state index contributed by atoms with van der Waals surface area (Å²) in [7, 11) is -3.34. The van der Waals surface area contributed by atoms with Gasteiger partial charge in [-0.25, -0.2) is 23.1 Å². The van der Waals surface area contributed by atoms with E-state index in [9.17, 15) is 8.42 Å². The molecule has 96 valence electrons. The maximum atomic E-state index is 11.6. The topological polar surface area (TPSA) is 89.8 Å². The Balaban J connectivity index is 2.19.